The summed E-state index contributed by atoms with van der Waals surface area (Å²) >= 11 is 6.05. The number of nitrogens with zero attached hydrogens (tertiary/aromatic N) is 2. The Morgan fingerprint density at radius 2 is 1.80 bits per heavy atom. The summed E-state index contributed by atoms with van der Waals surface area (Å²) in [5.41, 5.74) is 2.59. The highest BCUT2D eigenvalue weighted by Crippen LogP contribution is 2.42. The summed E-state index contributed by atoms with van der Waals surface area (Å²) in [4.78, 5) is 17.7. The highest BCUT2D eigenvalue weighted by Gasteiger charge is 2.47. The lowest BCUT2D eigenvalue weighted by Gasteiger charge is -2.39. The van der Waals surface area contributed by atoms with Crippen LogP contribution in [0.4, 0.5) is 0 Å². The molecule has 5 heteroatoms. The molecule has 0 spiro atoms. The molecule has 0 radical (unpaired) electrons. The lowest BCUT2D eigenvalue weighted by Crippen LogP contribution is -2.48. The first-order valence-electron chi connectivity index (χ1n) is 10.9. The number of likely N-dealkylation sites (tertiary alicyclic amines) is 2. The molecule has 2 heterocycles. The quantitative estimate of drug-likeness (QED) is 0.687. The number of fused-ring (bicyclic) bond motifs is 1. The van der Waals surface area contributed by atoms with Gasteiger partial charge in [0.05, 0.1) is 7.11 Å². The SMILES string of the molecule is COc1ccc([C@@H]2CN(C(=O)C(C)C)[C@H]3CCN(Cc4ccc(Cl)cc4)C[C@@H]23)cc1. The van der Waals surface area contributed by atoms with Crippen LogP contribution in [0.3, 0.4) is 0 Å². The minimum absolute atomic E-state index is 0.0346. The number of methoxy groups -OCH3 is 1. The van der Waals surface area contributed by atoms with Gasteiger partial charge in [-0.15, -0.1) is 0 Å². The third kappa shape index (κ3) is 4.35. The van der Waals surface area contributed by atoms with Crippen LogP contribution < -0.4 is 4.74 Å². The van der Waals surface area contributed by atoms with E-state index < -0.39 is 0 Å². The predicted octanol–water partition coefficient (Wildman–Crippen LogP) is 4.82. The Morgan fingerprint density at radius 3 is 2.43 bits per heavy atom. The summed E-state index contributed by atoms with van der Waals surface area (Å²) in [6.07, 6.45) is 1.03. The van der Waals surface area contributed by atoms with E-state index >= 15 is 0 Å². The van der Waals surface area contributed by atoms with Crippen LogP contribution in [0.5, 0.6) is 5.75 Å². The summed E-state index contributed by atoms with van der Waals surface area (Å²) in [6.45, 7) is 7.77. The van der Waals surface area contributed by atoms with Gasteiger partial charge in [0.15, 0.2) is 0 Å². The Hall–Kier alpha value is -2.04. The van der Waals surface area contributed by atoms with Crippen molar-refractivity contribution >= 4 is 17.5 Å². The van der Waals surface area contributed by atoms with Crippen LogP contribution in [0.2, 0.25) is 5.02 Å². The van der Waals surface area contributed by atoms with Crippen molar-refractivity contribution in [1.29, 1.82) is 0 Å². The molecule has 0 aliphatic carbocycles. The van der Waals surface area contributed by atoms with Gasteiger partial charge in [0.25, 0.3) is 0 Å². The molecule has 160 valence electrons. The number of benzene rings is 2. The van der Waals surface area contributed by atoms with Crippen molar-refractivity contribution in [2.45, 2.75) is 38.8 Å². The number of hydrogen-bond donors (Lipinski definition) is 0. The Balaban J connectivity index is 1.56. The molecule has 1 amide bonds. The molecule has 2 aliphatic rings. The van der Waals surface area contributed by atoms with Crippen LogP contribution in [0.15, 0.2) is 48.5 Å². The minimum atomic E-state index is 0.0346. The monoisotopic (exact) mass is 426 g/mol. The van der Waals surface area contributed by atoms with Gasteiger partial charge in [0.1, 0.15) is 5.75 Å². The van der Waals surface area contributed by atoms with Crippen LogP contribution in [-0.4, -0.2) is 48.5 Å². The van der Waals surface area contributed by atoms with E-state index in [0.29, 0.717) is 17.9 Å². The van der Waals surface area contributed by atoms with Gasteiger partial charge in [-0.1, -0.05) is 49.7 Å². The van der Waals surface area contributed by atoms with E-state index in [-0.39, 0.29) is 11.8 Å². The molecule has 0 bridgehead atoms. The molecule has 30 heavy (non-hydrogen) atoms. The summed E-state index contributed by atoms with van der Waals surface area (Å²) in [6, 6.07) is 16.9. The van der Waals surface area contributed by atoms with Crippen molar-refractivity contribution in [1.82, 2.24) is 9.80 Å². The Bertz CT molecular complexity index is 866. The van der Waals surface area contributed by atoms with E-state index in [2.05, 4.69) is 34.1 Å². The fourth-order valence-corrected chi connectivity index (χ4v) is 5.21. The molecular formula is C25H31ClN2O2. The molecule has 2 aliphatic heterocycles. The van der Waals surface area contributed by atoms with Gasteiger partial charge in [0.2, 0.25) is 5.91 Å². The van der Waals surface area contributed by atoms with E-state index in [1.54, 1.807) is 7.11 Å². The van der Waals surface area contributed by atoms with Gasteiger partial charge >= 0.3 is 0 Å². The molecule has 0 saturated carbocycles. The molecule has 4 nitrogen and oxygen atoms in total. The third-order valence-electron chi connectivity index (χ3n) is 6.66. The van der Waals surface area contributed by atoms with Crippen LogP contribution >= 0.6 is 11.6 Å². The summed E-state index contributed by atoms with van der Waals surface area (Å²) in [7, 11) is 1.69. The van der Waals surface area contributed by atoms with Crippen molar-refractivity contribution in [3.05, 3.63) is 64.7 Å². The highest BCUT2D eigenvalue weighted by atomic mass is 35.5. The van der Waals surface area contributed by atoms with Gasteiger partial charge in [-0.05, 0) is 41.8 Å². The van der Waals surface area contributed by atoms with Gasteiger partial charge in [-0.2, -0.15) is 0 Å². The number of carbonyl (C=O) groups is 1. The number of piperidine rings is 1. The standard InChI is InChI=1S/C25H31ClN2O2/c1-17(2)25(29)28-16-22(19-6-10-21(30-3)11-7-19)23-15-27(13-12-24(23)28)14-18-4-8-20(26)9-5-18/h4-11,17,22-24H,12-16H2,1-3H3/t22-,23-,24-/m0/s1. The first-order chi connectivity index (χ1) is 14.5. The van der Waals surface area contributed by atoms with E-state index in [1.165, 1.54) is 11.1 Å². The summed E-state index contributed by atoms with van der Waals surface area (Å²) < 4.78 is 5.34. The average molecular weight is 427 g/mol. The van der Waals surface area contributed by atoms with Crippen LogP contribution in [0.25, 0.3) is 0 Å². The van der Waals surface area contributed by atoms with Crippen LogP contribution in [0, 0.1) is 11.8 Å². The first kappa shape index (κ1) is 21.2. The Kier molecular flexibility index (Phi) is 6.35. The van der Waals surface area contributed by atoms with Crippen molar-refractivity contribution < 1.29 is 9.53 Å². The zero-order valence-corrected chi connectivity index (χ0v) is 18.8. The minimum Gasteiger partial charge on any atom is -0.497 e. The summed E-state index contributed by atoms with van der Waals surface area (Å²) in [5, 5.41) is 0.774. The van der Waals surface area contributed by atoms with Crippen molar-refractivity contribution in [2.24, 2.45) is 11.8 Å². The van der Waals surface area contributed by atoms with Gasteiger partial charge < -0.3 is 9.64 Å². The maximum Gasteiger partial charge on any atom is 0.225 e. The summed E-state index contributed by atoms with van der Waals surface area (Å²) in [5.74, 6) is 2.00. The zero-order valence-electron chi connectivity index (χ0n) is 18.1. The largest absolute Gasteiger partial charge is 0.497 e. The Morgan fingerprint density at radius 1 is 1.10 bits per heavy atom. The van der Waals surface area contributed by atoms with Crippen molar-refractivity contribution in [3.63, 3.8) is 0 Å². The molecule has 2 aromatic rings. The zero-order chi connectivity index (χ0) is 21.3. The van der Waals surface area contributed by atoms with Crippen molar-refractivity contribution in [2.75, 3.05) is 26.7 Å². The second-order valence-electron chi connectivity index (χ2n) is 8.91. The maximum absolute atomic E-state index is 13.0. The number of halogens is 1. The number of amides is 1. The normalized spacial score (nSPS) is 24.2. The molecule has 0 unspecified atom stereocenters. The highest BCUT2D eigenvalue weighted by molar-refractivity contribution is 6.30. The van der Waals surface area contributed by atoms with E-state index in [0.717, 1.165) is 43.4 Å². The lowest BCUT2D eigenvalue weighted by molar-refractivity contribution is -0.136. The van der Waals surface area contributed by atoms with Crippen LogP contribution in [0.1, 0.15) is 37.3 Å². The second-order valence-corrected chi connectivity index (χ2v) is 9.34. The van der Waals surface area contributed by atoms with E-state index in [4.69, 9.17) is 16.3 Å². The molecule has 0 N–H and O–H groups in total. The van der Waals surface area contributed by atoms with Crippen molar-refractivity contribution in [3.8, 4) is 5.75 Å². The van der Waals surface area contributed by atoms with E-state index in [9.17, 15) is 4.79 Å². The number of hydrogen-bond acceptors (Lipinski definition) is 3. The predicted molar refractivity (Wildman–Crippen MR) is 121 cm³/mol. The van der Waals surface area contributed by atoms with E-state index in [1.807, 2.05) is 38.1 Å². The fraction of sp³-hybridized carbons (Fsp3) is 0.480. The number of ether oxygens (including phenoxy) is 1. The molecular weight excluding hydrogens is 396 g/mol. The van der Waals surface area contributed by atoms with Gasteiger partial charge in [0, 0.05) is 55.0 Å². The fourth-order valence-electron chi connectivity index (χ4n) is 5.09. The number of rotatable bonds is 5. The first-order valence-corrected chi connectivity index (χ1v) is 11.2. The lowest BCUT2D eigenvalue weighted by atomic mass is 9.81. The molecule has 2 aromatic carbocycles. The number of carbonyl (C=O) groups excluding carboxylic acids is 1. The van der Waals surface area contributed by atoms with Crippen LogP contribution in [-0.2, 0) is 11.3 Å². The molecule has 3 atom stereocenters. The molecule has 0 aromatic heterocycles. The second kappa shape index (κ2) is 8.99. The Labute approximate surface area is 184 Å². The van der Waals surface area contributed by atoms with Gasteiger partial charge in [-0.25, -0.2) is 0 Å². The smallest absolute Gasteiger partial charge is 0.225 e. The van der Waals surface area contributed by atoms with Gasteiger partial charge in [-0.3, -0.25) is 9.69 Å². The third-order valence-corrected chi connectivity index (χ3v) is 6.91. The molecule has 2 fully saturated rings. The molecule has 2 saturated heterocycles. The average Bonchev–Trinajstić information content (AvgIpc) is 3.13. The maximum atomic E-state index is 13.0. The molecule has 4 rings (SSSR count). The topological polar surface area (TPSA) is 32.8 Å².